The van der Waals surface area contributed by atoms with E-state index in [1.807, 2.05) is 36.4 Å². The summed E-state index contributed by atoms with van der Waals surface area (Å²) in [5.74, 6) is 1.34. The molecule has 1 unspecified atom stereocenters. The van der Waals surface area contributed by atoms with E-state index in [1.54, 1.807) is 12.1 Å². The molecule has 0 radical (unpaired) electrons. The molecule has 0 bridgehead atoms. The minimum atomic E-state index is -0.462. The van der Waals surface area contributed by atoms with Gasteiger partial charge < -0.3 is 9.47 Å². The molecule has 1 atom stereocenters. The van der Waals surface area contributed by atoms with E-state index in [4.69, 9.17) is 9.47 Å². The second-order valence-electron chi connectivity index (χ2n) is 7.63. The molecule has 5 nitrogen and oxygen atoms in total. The molecule has 0 saturated heterocycles. The van der Waals surface area contributed by atoms with Crippen molar-refractivity contribution in [3.05, 3.63) is 83.3 Å². The lowest BCUT2D eigenvalue weighted by atomic mass is 10.0. The van der Waals surface area contributed by atoms with E-state index in [1.165, 1.54) is 24.3 Å². The van der Waals surface area contributed by atoms with Crippen molar-refractivity contribution in [3.8, 4) is 22.6 Å². The molecule has 0 saturated carbocycles. The summed E-state index contributed by atoms with van der Waals surface area (Å²) in [6.45, 7) is 6.45. The van der Waals surface area contributed by atoms with Gasteiger partial charge in [-0.15, -0.1) is 4.91 Å². The standard InChI is InChI=1S/C25H25NO4/c1-17(2)16-18(3)29-23-12-8-20(9-13-23)19-4-6-21(7-5-19)25(27)30-24-14-10-22(26-28)11-15-24/h4-15,17-18H,16H2,1-3H3. The van der Waals surface area contributed by atoms with Crippen LogP contribution in [0.4, 0.5) is 5.69 Å². The lowest BCUT2D eigenvalue weighted by Gasteiger charge is -2.16. The molecule has 0 aliphatic carbocycles. The highest BCUT2D eigenvalue weighted by atomic mass is 16.5. The van der Waals surface area contributed by atoms with Gasteiger partial charge in [0.15, 0.2) is 0 Å². The number of hydrogen-bond acceptors (Lipinski definition) is 5. The summed E-state index contributed by atoms with van der Waals surface area (Å²) >= 11 is 0. The summed E-state index contributed by atoms with van der Waals surface area (Å²) in [5, 5.41) is 2.82. The molecular weight excluding hydrogens is 378 g/mol. The molecule has 0 amide bonds. The maximum Gasteiger partial charge on any atom is 0.343 e. The molecule has 0 N–H and O–H groups in total. The average molecular weight is 403 g/mol. The summed E-state index contributed by atoms with van der Waals surface area (Å²) in [7, 11) is 0. The van der Waals surface area contributed by atoms with Crippen LogP contribution < -0.4 is 9.47 Å². The van der Waals surface area contributed by atoms with Gasteiger partial charge in [0.25, 0.3) is 0 Å². The molecule has 0 aliphatic rings. The molecule has 0 fully saturated rings. The number of nitrogens with zero attached hydrogens (tertiary/aromatic N) is 1. The van der Waals surface area contributed by atoms with Crippen molar-refractivity contribution in [1.29, 1.82) is 0 Å². The zero-order chi connectivity index (χ0) is 21.5. The number of esters is 1. The number of carbonyl (C=O) groups is 1. The lowest BCUT2D eigenvalue weighted by Crippen LogP contribution is -2.14. The topological polar surface area (TPSA) is 65.0 Å². The van der Waals surface area contributed by atoms with Crippen LogP contribution in [0.15, 0.2) is 78.0 Å². The Kier molecular flexibility index (Phi) is 6.96. The number of carbonyl (C=O) groups excluding carboxylic acids is 1. The first kappa shape index (κ1) is 21.2. The van der Waals surface area contributed by atoms with Crippen LogP contribution in [0.25, 0.3) is 11.1 Å². The predicted octanol–water partition coefficient (Wildman–Crippen LogP) is 6.78. The van der Waals surface area contributed by atoms with Crippen LogP contribution in [0, 0.1) is 10.8 Å². The van der Waals surface area contributed by atoms with Crippen molar-refractivity contribution in [2.75, 3.05) is 0 Å². The van der Waals surface area contributed by atoms with E-state index < -0.39 is 5.97 Å². The van der Waals surface area contributed by atoms with Gasteiger partial charge in [0, 0.05) is 0 Å². The molecule has 0 aromatic heterocycles. The van der Waals surface area contributed by atoms with Gasteiger partial charge in [-0.1, -0.05) is 38.1 Å². The zero-order valence-corrected chi connectivity index (χ0v) is 17.4. The van der Waals surface area contributed by atoms with Gasteiger partial charge in [0.1, 0.15) is 17.2 Å². The van der Waals surface area contributed by atoms with Gasteiger partial charge in [0.05, 0.1) is 11.7 Å². The molecule has 3 rings (SSSR count). The number of rotatable bonds is 8. The van der Waals surface area contributed by atoms with E-state index >= 15 is 0 Å². The smallest absolute Gasteiger partial charge is 0.343 e. The SMILES string of the molecule is CC(C)CC(C)Oc1ccc(-c2ccc(C(=O)Oc3ccc(N=O)cc3)cc2)cc1. The molecule has 3 aromatic carbocycles. The third-order valence-electron chi connectivity index (χ3n) is 4.60. The Morgan fingerprint density at radius 3 is 1.87 bits per heavy atom. The highest BCUT2D eigenvalue weighted by Gasteiger charge is 2.10. The number of nitroso groups, excluding NO2 is 1. The molecule has 0 spiro atoms. The van der Waals surface area contributed by atoms with E-state index in [-0.39, 0.29) is 11.8 Å². The summed E-state index contributed by atoms with van der Waals surface area (Å²) in [6, 6.07) is 21.2. The van der Waals surface area contributed by atoms with Gasteiger partial charge in [-0.2, -0.15) is 0 Å². The Morgan fingerprint density at radius 1 is 0.800 bits per heavy atom. The van der Waals surface area contributed by atoms with Gasteiger partial charge in [-0.3, -0.25) is 0 Å². The zero-order valence-electron chi connectivity index (χ0n) is 17.4. The third kappa shape index (κ3) is 5.77. The molecule has 154 valence electrons. The third-order valence-corrected chi connectivity index (χ3v) is 4.60. The van der Waals surface area contributed by atoms with Gasteiger partial charge in [-0.05, 0) is 84.1 Å². The fourth-order valence-electron chi connectivity index (χ4n) is 3.21. The fourth-order valence-corrected chi connectivity index (χ4v) is 3.21. The van der Waals surface area contributed by atoms with Crippen molar-refractivity contribution < 1.29 is 14.3 Å². The summed E-state index contributed by atoms with van der Waals surface area (Å²) < 4.78 is 11.3. The monoisotopic (exact) mass is 403 g/mol. The second kappa shape index (κ2) is 9.83. The van der Waals surface area contributed by atoms with E-state index in [0.29, 0.717) is 17.2 Å². The van der Waals surface area contributed by atoms with Crippen molar-refractivity contribution in [2.45, 2.75) is 33.3 Å². The largest absolute Gasteiger partial charge is 0.491 e. The minimum Gasteiger partial charge on any atom is -0.491 e. The Balaban J connectivity index is 1.63. The Morgan fingerprint density at radius 2 is 1.33 bits per heavy atom. The van der Waals surface area contributed by atoms with Crippen molar-refractivity contribution in [3.63, 3.8) is 0 Å². The first-order valence-corrected chi connectivity index (χ1v) is 9.97. The summed E-state index contributed by atoms with van der Waals surface area (Å²) in [5.41, 5.74) is 2.76. The van der Waals surface area contributed by atoms with Gasteiger partial charge in [-0.25, -0.2) is 4.79 Å². The van der Waals surface area contributed by atoms with Crippen molar-refractivity contribution in [2.24, 2.45) is 11.1 Å². The first-order chi connectivity index (χ1) is 14.4. The van der Waals surface area contributed by atoms with Crippen molar-refractivity contribution in [1.82, 2.24) is 0 Å². The molecular formula is C25H25NO4. The fraction of sp³-hybridized carbons (Fsp3) is 0.240. The Labute approximate surface area is 176 Å². The molecule has 5 heteroatoms. The van der Waals surface area contributed by atoms with Crippen LogP contribution in [-0.4, -0.2) is 12.1 Å². The van der Waals surface area contributed by atoms with Gasteiger partial charge >= 0.3 is 5.97 Å². The number of ether oxygens (including phenoxy) is 2. The maximum absolute atomic E-state index is 12.3. The Bertz CT molecular complexity index is 977. The average Bonchev–Trinajstić information content (AvgIpc) is 2.74. The van der Waals surface area contributed by atoms with E-state index in [0.717, 1.165) is 23.3 Å². The van der Waals surface area contributed by atoms with Crippen LogP contribution >= 0.6 is 0 Å². The molecule has 30 heavy (non-hydrogen) atoms. The maximum atomic E-state index is 12.3. The highest BCUT2D eigenvalue weighted by Crippen LogP contribution is 2.25. The van der Waals surface area contributed by atoms with Crippen LogP contribution in [0.1, 0.15) is 37.6 Å². The number of hydrogen-bond donors (Lipinski definition) is 0. The summed E-state index contributed by atoms with van der Waals surface area (Å²) in [6.07, 6.45) is 1.18. The minimum absolute atomic E-state index is 0.173. The van der Waals surface area contributed by atoms with Crippen LogP contribution in [0.2, 0.25) is 0 Å². The van der Waals surface area contributed by atoms with Crippen LogP contribution in [0.3, 0.4) is 0 Å². The summed E-state index contributed by atoms with van der Waals surface area (Å²) in [4.78, 5) is 22.8. The van der Waals surface area contributed by atoms with Crippen LogP contribution in [-0.2, 0) is 0 Å². The van der Waals surface area contributed by atoms with Crippen molar-refractivity contribution >= 4 is 11.7 Å². The van der Waals surface area contributed by atoms with E-state index in [9.17, 15) is 9.70 Å². The number of benzene rings is 3. The van der Waals surface area contributed by atoms with Crippen LogP contribution in [0.5, 0.6) is 11.5 Å². The molecule has 3 aromatic rings. The highest BCUT2D eigenvalue weighted by molar-refractivity contribution is 5.91. The first-order valence-electron chi connectivity index (χ1n) is 9.97. The van der Waals surface area contributed by atoms with Gasteiger partial charge in [0.2, 0.25) is 0 Å². The lowest BCUT2D eigenvalue weighted by molar-refractivity contribution is 0.0735. The second-order valence-corrected chi connectivity index (χ2v) is 7.63. The Hall–Kier alpha value is -3.47. The molecule has 0 aliphatic heterocycles. The molecule has 0 heterocycles. The quantitative estimate of drug-likeness (QED) is 0.236. The van der Waals surface area contributed by atoms with E-state index in [2.05, 4.69) is 25.9 Å². The normalized spacial score (nSPS) is 11.7. The predicted molar refractivity (Wildman–Crippen MR) is 118 cm³/mol.